The van der Waals surface area contributed by atoms with Crippen LogP contribution in [0.5, 0.6) is 5.75 Å². The van der Waals surface area contributed by atoms with Crippen LogP contribution in [-0.2, 0) is 5.41 Å². The SMILES string of the molecule is CCOc1cncc(-c2cc(C(=O)N3CCN(c4ccc(C(=O)N(C)CC56CC7CC(CC(C7)C5)C6)nn4)CC3)cc(C(C)(C)C)c2)c1. The summed E-state index contributed by atoms with van der Waals surface area (Å²) in [5, 5.41) is 8.86. The Balaban J connectivity index is 0.989. The van der Waals surface area contributed by atoms with Crippen molar-refractivity contribution < 1.29 is 14.3 Å². The summed E-state index contributed by atoms with van der Waals surface area (Å²) in [6, 6.07) is 11.8. The standard InChI is InChI=1S/C39H50N6O3/c1-6-48-33-19-31(23-40-24-33)29-16-30(18-32(17-29)38(2,3)4)36(46)45-11-9-44(10-12-45)35-8-7-34(41-42-35)37(47)43(5)25-39-20-26-13-27(21-39)15-28(14-26)22-39/h7-8,16-19,23-24,26-28H,6,9-15,20-22,25H2,1-5H3. The number of nitrogens with zero attached hydrogens (tertiary/aromatic N) is 6. The van der Waals surface area contributed by atoms with Crippen molar-refractivity contribution in [3.8, 4) is 16.9 Å². The summed E-state index contributed by atoms with van der Waals surface area (Å²) < 4.78 is 5.69. The van der Waals surface area contributed by atoms with Gasteiger partial charge in [0.1, 0.15) is 5.75 Å². The van der Waals surface area contributed by atoms with E-state index >= 15 is 0 Å². The monoisotopic (exact) mass is 650 g/mol. The summed E-state index contributed by atoms with van der Waals surface area (Å²) in [6.07, 6.45) is 11.6. The predicted octanol–water partition coefficient (Wildman–Crippen LogP) is 6.49. The van der Waals surface area contributed by atoms with Crippen molar-refractivity contribution >= 4 is 17.6 Å². The van der Waals surface area contributed by atoms with Crippen LogP contribution >= 0.6 is 0 Å². The Bertz CT molecular complexity index is 1620. The molecule has 4 saturated carbocycles. The fraction of sp³-hybridized carbons (Fsp3) is 0.564. The molecule has 2 amide bonds. The summed E-state index contributed by atoms with van der Waals surface area (Å²) in [5.41, 5.74) is 4.20. The molecule has 1 aromatic carbocycles. The van der Waals surface area contributed by atoms with E-state index in [0.29, 0.717) is 55.2 Å². The van der Waals surface area contributed by atoms with Crippen LogP contribution in [0.15, 0.2) is 48.8 Å². The number of hydrogen-bond acceptors (Lipinski definition) is 7. The summed E-state index contributed by atoms with van der Waals surface area (Å²) in [4.78, 5) is 37.6. The number of aromatic nitrogens is 3. The molecule has 9 heteroatoms. The number of hydrogen-bond donors (Lipinski definition) is 0. The summed E-state index contributed by atoms with van der Waals surface area (Å²) >= 11 is 0. The normalized spacial score (nSPS) is 24.9. The highest BCUT2D eigenvalue weighted by atomic mass is 16.5. The zero-order valence-corrected chi connectivity index (χ0v) is 29.2. The molecule has 2 aromatic heterocycles. The van der Waals surface area contributed by atoms with E-state index in [1.165, 1.54) is 38.5 Å². The zero-order chi connectivity index (χ0) is 33.6. The van der Waals surface area contributed by atoms with E-state index in [1.807, 2.05) is 60.3 Å². The lowest BCUT2D eigenvalue weighted by Gasteiger charge is -2.57. The molecule has 0 unspecified atom stereocenters. The number of rotatable bonds is 8. The third-order valence-electron chi connectivity index (χ3n) is 11.2. The van der Waals surface area contributed by atoms with Crippen LogP contribution < -0.4 is 9.64 Å². The summed E-state index contributed by atoms with van der Waals surface area (Å²) in [6.45, 7) is 12.3. The number of carbonyl (C=O) groups is 2. The van der Waals surface area contributed by atoms with E-state index in [2.05, 4.69) is 46.9 Å². The van der Waals surface area contributed by atoms with Gasteiger partial charge in [-0.25, -0.2) is 0 Å². The number of anilines is 1. The summed E-state index contributed by atoms with van der Waals surface area (Å²) in [5.74, 6) is 4.01. The number of piperazine rings is 1. The molecule has 1 saturated heterocycles. The minimum Gasteiger partial charge on any atom is -0.492 e. The Hall–Kier alpha value is -4.01. The molecule has 3 aromatic rings. The Morgan fingerprint density at radius 1 is 0.896 bits per heavy atom. The molecule has 8 rings (SSSR count). The lowest BCUT2D eigenvalue weighted by Crippen LogP contribution is -2.51. The van der Waals surface area contributed by atoms with Gasteiger partial charge in [0.05, 0.1) is 12.8 Å². The number of pyridine rings is 1. The van der Waals surface area contributed by atoms with E-state index in [0.717, 1.165) is 46.8 Å². The minimum absolute atomic E-state index is 0.0185. The molecule has 254 valence electrons. The maximum Gasteiger partial charge on any atom is 0.274 e. The molecule has 5 aliphatic rings. The van der Waals surface area contributed by atoms with Crippen molar-refractivity contribution in [3.05, 3.63) is 65.6 Å². The van der Waals surface area contributed by atoms with E-state index in [1.54, 1.807) is 6.20 Å². The van der Waals surface area contributed by atoms with Crippen LogP contribution in [0.1, 0.15) is 92.6 Å². The summed E-state index contributed by atoms with van der Waals surface area (Å²) in [7, 11) is 1.93. The van der Waals surface area contributed by atoms with E-state index in [9.17, 15) is 9.59 Å². The first-order valence-electron chi connectivity index (χ1n) is 17.9. The van der Waals surface area contributed by atoms with Crippen LogP contribution in [0, 0.1) is 23.2 Å². The lowest BCUT2D eigenvalue weighted by molar-refractivity contribution is -0.0629. The van der Waals surface area contributed by atoms with E-state index in [-0.39, 0.29) is 17.2 Å². The van der Waals surface area contributed by atoms with Gasteiger partial charge in [-0.15, -0.1) is 10.2 Å². The predicted molar refractivity (Wildman–Crippen MR) is 187 cm³/mol. The number of ether oxygens (including phenoxy) is 1. The highest BCUT2D eigenvalue weighted by Gasteiger charge is 2.51. The van der Waals surface area contributed by atoms with Gasteiger partial charge in [-0.2, -0.15) is 0 Å². The molecular formula is C39H50N6O3. The van der Waals surface area contributed by atoms with E-state index < -0.39 is 0 Å². The Morgan fingerprint density at radius 2 is 1.58 bits per heavy atom. The quantitative estimate of drug-likeness (QED) is 0.275. The molecule has 5 fully saturated rings. The van der Waals surface area contributed by atoms with Gasteiger partial charge in [0, 0.05) is 57.1 Å². The third-order valence-corrected chi connectivity index (χ3v) is 11.2. The van der Waals surface area contributed by atoms with Crippen molar-refractivity contribution in [2.24, 2.45) is 23.2 Å². The lowest BCUT2D eigenvalue weighted by atomic mass is 9.49. The Kier molecular flexibility index (Phi) is 8.67. The van der Waals surface area contributed by atoms with Gasteiger partial charge in [0.15, 0.2) is 11.5 Å². The van der Waals surface area contributed by atoms with Crippen LogP contribution in [0.25, 0.3) is 11.1 Å². The molecule has 0 radical (unpaired) electrons. The first-order chi connectivity index (χ1) is 23.0. The van der Waals surface area contributed by atoms with E-state index in [4.69, 9.17) is 4.74 Å². The van der Waals surface area contributed by atoms with Crippen LogP contribution in [0.4, 0.5) is 5.82 Å². The van der Waals surface area contributed by atoms with Crippen molar-refractivity contribution in [1.82, 2.24) is 25.0 Å². The van der Waals surface area contributed by atoms with Gasteiger partial charge in [0.25, 0.3) is 11.8 Å². The van der Waals surface area contributed by atoms with Crippen LogP contribution in [-0.4, -0.2) is 83.2 Å². The highest BCUT2D eigenvalue weighted by Crippen LogP contribution is 2.60. The molecule has 9 nitrogen and oxygen atoms in total. The third kappa shape index (κ3) is 6.65. The topological polar surface area (TPSA) is 91.8 Å². The zero-order valence-electron chi connectivity index (χ0n) is 29.2. The fourth-order valence-electron chi connectivity index (χ4n) is 9.36. The van der Waals surface area contributed by atoms with Crippen molar-refractivity contribution in [3.63, 3.8) is 0 Å². The molecule has 48 heavy (non-hydrogen) atoms. The number of carbonyl (C=O) groups excluding carboxylic acids is 2. The van der Waals surface area contributed by atoms with Crippen molar-refractivity contribution in [2.45, 2.75) is 71.6 Å². The molecule has 0 N–H and O–H groups in total. The second kappa shape index (κ2) is 12.8. The van der Waals surface area contributed by atoms with Crippen LogP contribution in [0.2, 0.25) is 0 Å². The average molecular weight is 651 g/mol. The molecule has 1 aliphatic heterocycles. The maximum absolute atomic E-state index is 13.9. The van der Waals surface area contributed by atoms with Gasteiger partial charge in [0.2, 0.25) is 0 Å². The second-order valence-corrected chi connectivity index (χ2v) is 16.0. The van der Waals surface area contributed by atoms with Crippen LogP contribution in [0.3, 0.4) is 0 Å². The second-order valence-electron chi connectivity index (χ2n) is 16.0. The average Bonchev–Trinajstić information content (AvgIpc) is 3.06. The van der Waals surface area contributed by atoms with Gasteiger partial charge in [-0.1, -0.05) is 26.8 Å². The highest BCUT2D eigenvalue weighted by molar-refractivity contribution is 5.96. The first kappa shape index (κ1) is 32.5. The van der Waals surface area contributed by atoms with Gasteiger partial charge < -0.3 is 19.4 Å². The number of benzene rings is 1. The molecule has 0 spiro atoms. The van der Waals surface area contributed by atoms with Gasteiger partial charge in [-0.3, -0.25) is 14.6 Å². The largest absolute Gasteiger partial charge is 0.492 e. The van der Waals surface area contributed by atoms with Gasteiger partial charge in [-0.05, 0) is 115 Å². The smallest absolute Gasteiger partial charge is 0.274 e. The Labute approximate surface area is 285 Å². The number of amides is 2. The maximum atomic E-state index is 13.9. The minimum atomic E-state index is -0.134. The molecule has 4 bridgehead atoms. The molecular weight excluding hydrogens is 600 g/mol. The molecule has 4 aliphatic carbocycles. The van der Waals surface area contributed by atoms with Crippen molar-refractivity contribution in [1.29, 1.82) is 0 Å². The Morgan fingerprint density at radius 3 is 2.19 bits per heavy atom. The molecule has 0 atom stereocenters. The fourth-order valence-corrected chi connectivity index (χ4v) is 9.36. The van der Waals surface area contributed by atoms with Gasteiger partial charge >= 0.3 is 0 Å². The van der Waals surface area contributed by atoms with Crippen molar-refractivity contribution in [2.75, 3.05) is 51.3 Å². The molecule has 3 heterocycles. The first-order valence-corrected chi connectivity index (χ1v) is 17.9.